The molecule has 45 heavy (non-hydrogen) atoms. The molecule has 2 N–H and O–H groups in total. The SMILES string of the molecule is CC(=O)N(CC1CN(CCCc2ccc(C(=O)Nc3ccccc3NC(=O)OC(C)(C)C)cc2)C1)C1CC1c1ccc(F)cc1. The third-order valence-corrected chi connectivity index (χ3v) is 8.31. The van der Waals surface area contributed by atoms with Crippen LogP contribution in [0, 0.1) is 11.7 Å². The van der Waals surface area contributed by atoms with Crippen molar-refractivity contribution in [3.05, 3.63) is 95.3 Å². The van der Waals surface area contributed by atoms with Gasteiger partial charge in [-0.15, -0.1) is 0 Å². The van der Waals surface area contributed by atoms with Gasteiger partial charge in [0.1, 0.15) is 11.4 Å². The van der Waals surface area contributed by atoms with Crippen LogP contribution in [0.2, 0.25) is 0 Å². The Morgan fingerprint density at radius 1 is 0.933 bits per heavy atom. The molecule has 1 saturated carbocycles. The summed E-state index contributed by atoms with van der Waals surface area (Å²) in [5.41, 5.74) is 3.12. The number of nitrogens with zero attached hydrogens (tertiary/aromatic N) is 2. The normalized spacial score (nSPS) is 18.1. The van der Waals surface area contributed by atoms with Crippen molar-refractivity contribution >= 4 is 29.3 Å². The van der Waals surface area contributed by atoms with Gasteiger partial charge in [-0.3, -0.25) is 14.9 Å². The first-order chi connectivity index (χ1) is 21.4. The molecule has 2 aliphatic rings. The Kier molecular flexibility index (Phi) is 9.87. The Morgan fingerprint density at radius 3 is 2.20 bits per heavy atom. The molecule has 2 unspecified atom stereocenters. The van der Waals surface area contributed by atoms with Gasteiger partial charge in [-0.05, 0) is 94.1 Å². The molecule has 1 heterocycles. The Hall–Kier alpha value is -4.24. The highest BCUT2D eigenvalue weighted by Gasteiger charge is 2.45. The molecule has 8 nitrogen and oxygen atoms in total. The monoisotopic (exact) mass is 614 g/mol. The second-order valence-corrected chi connectivity index (χ2v) is 13.2. The molecule has 0 bridgehead atoms. The Bertz CT molecular complexity index is 1500. The van der Waals surface area contributed by atoms with Crippen molar-refractivity contribution in [1.29, 1.82) is 0 Å². The minimum atomic E-state index is -0.631. The lowest BCUT2D eigenvalue weighted by Gasteiger charge is -2.42. The summed E-state index contributed by atoms with van der Waals surface area (Å²) in [6, 6.07) is 21.5. The number of hydrogen-bond acceptors (Lipinski definition) is 5. The van der Waals surface area contributed by atoms with Crippen molar-refractivity contribution in [1.82, 2.24) is 9.80 Å². The first kappa shape index (κ1) is 32.2. The van der Waals surface area contributed by atoms with Gasteiger partial charge in [-0.25, -0.2) is 9.18 Å². The first-order valence-corrected chi connectivity index (χ1v) is 15.7. The number of halogens is 1. The summed E-state index contributed by atoms with van der Waals surface area (Å²) < 4.78 is 18.6. The van der Waals surface area contributed by atoms with Crippen molar-refractivity contribution in [2.45, 2.75) is 64.5 Å². The molecule has 3 amide bonds. The molecule has 5 rings (SSSR count). The number of hydrogen-bond donors (Lipinski definition) is 2. The zero-order valence-electron chi connectivity index (χ0n) is 26.5. The molecule has 0 spiro atoms. The fraction of sp³-hybridized carbons (Fsp3) is 0.417. The maximum atomic E-state index is 13.3. The molecule has 3 aromatic carbocycles. The van der Waals surface area contributed by atoms with Crippen molar-refractivity contribution in [2.24, 2.45) is 5.92 Å². The molecular weight excluding hydrogens is 571 g/mol. The minimum absolute atomic E-state index is 0.113. The fourth-order valence-electron chi connectivity index (χ4n) is 5.98. The number of para-hydroxylation sites is 2. The van der Waals surface area contributed by atoms with Crippen molar-refractivity contribution in [2.75, 3.05) is 36.8 Å². The largest absolute Gasteiger partial charge is 0.444 e. The zero-order valence-corrected chi connectivity index (χ0v) is 26.5. The lowest BCUT2D eigenvalue weighted by molar-refractivity contribution is -0.131. The molecule has 1 aliphatic heterocycles. The van der Waals surface area contributed by atoms with E-state index >= 15 is 0 Å². The predicted octanol–water partition coefficient (Wildman–Crippen LogP) is 6.69. The van der Waals surface area contributed by atoms with Crippen LogP contribution < -0.4 is 10.6 Å². The molecule has 238 valence electrons. The summed E-state index contributed by atoms with van der Waals surface area (Å²) in [6.07, 6.45) is 2.27. The third kappa shape index (κ3) is 8.91. The maximum absolute atomic E-state index is 13.3. The van der Waals surface area contributed by atoms with Gasteiger partial charge in [0, 0.05) is 50.0 Å². The smallest absolute Gasteiger partial charge is 0.412 e. The first-order valence-electron chi connectivity index (χ1n) is 15.7. The standard InChI is InChI=1S/C36H43FN4O4/c1-24(42)41(33-20-30(33)27-15-17-29(37)18-16-27)23-26-21-40(22-26)19-7-8-25-11-13-28(14-12-25)34(43)38-31-9-5-6-10-32(31)39-35(44)45-36(2,3)4/h5-6,9-18,26,30,33H,7-8,19-23H2,1-4H3,(H,38,43)(H,39,44). The quantitative estimate of drug-likeness (QED) is 0.251. The van der Waals surface area contributed by atoms with E-state index in [1.165, 1.54) is 17.7 Å². The van der Waals surface area contributed by atoms with Crippen LogP contribution in [0.15, 0.2) is 72.8 Å². The number of ether oxygens (including phenoxy) is 1. The van der Waals surface area contributed by atoms with Gasteiger partial charge < -0.3 is 19.9 Å². The van der Waals surface area contributed by atoms with Gasteiger partial charge in [-0.2, -0.15) is 0 Å². The Labute approximate surface area is 264 Å². The number of benzene rings is 3. The van der Waals surface area contributed by atoms with E-state index in [-0.39, 0.29) is 23.7 Å². The second kappa shape index (κ2) is 13.8. The lowest BCUT2D eigenvalue weighted by atomic mass is 9.98. The maximum Gasteiger partial charge on any atom is 0.412 e. The summed E-state index contributed by atoms with van der Waals surface area (Å²) in [5.74, 6) is 0.400. The highest BCUT2D eigenvalue weighted by molar-refractivity contribution is 6.06. The number of likely N-dealkylation sites (tertiary alicyclic amines) is 1. The van der Waals surface area contributed by atoms with Crippen LogP contribution in [0.4, 0.5) is 20.6 Å². The average Bonchev–Trinajstić information content (AvgIpc) is 3.74. The number of carbonyl (C=O) groups excluding carboxylic acids is 3. The van der Waals surface area contributed by atoms with E-state index < -0.39 is 11.7 Å². The number of rotatable bonds is 11. The number of nitrogens with one attached hydrogen (secondary N) is 2. The predicted molar refractivity (Wildman–Crippen MR) is 174 cm³/mol. The van der Waals surface area contributed by atoms with Crippen LogP contribution in [0.3, 0.4) is 0 Å². The highest BCUT2D eigenvalue weighted by Crippen LogP contribution is 2.45. The molecule has 0 radical (unpaired) electrons. The van der Waals surface area contributed by atoms with E-state index in [1.54, 1.807) is 52.0 Å². The van der Waals surface area contributed by atoms with E-state index in [2.05, 4.69) is 15.5 Å². The lowest BCUT2D eigenvalue weighted by Crippen LogP contribution is -2.52. The van der Waals surface area contributed by atoms with Crippen LogP contribution in [0.5, 0.6) is 0 Å². The van der Waals surface area contributed by atoms with Gasteiger partial charge >= 0.3 is 6.09 Å². The molecule has 2 fully saturated rings. The number of amides is 3. The van der Waals surface area contributed by atoms with Crippen molar-refractivity contribution in [3.63, 3.8) is 0 Å². The number of aryl methyl sites for hydroxylation is 1. The van der Waals surface area contributed by atoms with Crippen molar-refractivity contribution in [3.8, 4) is 0 Å². The summed E-state index contributed by atoms with van der Waals surface area (Å²) in [7, 11) is 0. The molecule has 3 aromatic rings. The average molecular weight is 615 g/mol. The van der Waals surface area contributed by atoms with Crippen LogP contribution in [0.1, 0.15) is 67.9 Å². The van der Waals surface area contributed by atoms with E-state index in [9.17, 15) is 18.8 Å². The van der Waals surface area contributed by atoms with E-state index in [0.717, 1.165) is 51.0 Å². The van der Waals surface area contributed by atoms with E-state index in [4.69, 9.17) is 4.74 Å². The summed E-state index contributed by atoms with van der Waals surface area (Å²) in [6.45, 7) is 10.8. The van der Waals surface area contributed by atoms with Gasteiger partial charge in [0.05, 0.1) is 11.4 Å². The van der Waals surface area contributed by atoms with Gasteiger partial charge in [-0.1, -0.05) is 36.4 Å². The third-order valence-electron chi connectivity index (χ3n) is 8.31. The minimum Gasteiger partial charge on any atom is -0.444 e. The van der Waals surface area contributed by atoms with Crippen LogP contribution >= 0.6 is 0 Å². The molecule has 9 heteroatoms. The van der Waals surface area contributed by atoms with Crippen molar-refractivity contribution < 1.29 is 23.5 Å². The van der Waals surface area contributed by atoms with E-state index in [0.29, 0.717) is 28.8 Å². The van der Waals surface area contributed by atoms with Gasteiger partial charge in [0.2, 0.25) is 5.91 Å². The highest BCUT2D eigenvalue weighted by atomic mass is 19.1. The number of carbonyl (C=O) groups is 3. The Morgan fingerprint density at radius 2 is 1.58 bits per heavy atom. The fourth-order valence-corrected chi connectivity index (χ4v) is 5.98. The molecular formula is C36H43FN4O4. The van der Waals surface area contributed by atoms with Crippen LogP contribution in [-0.2, 0) is 16.0 Å². The molecule has 1 aliphatic carbocycles. The topological polar surface area (TPSA) is 91.0 Å². The molecule has 1 saturated heterocycles. The van der Waals surface area contributed by atoms with Gasteiger partial charge in [0.15, 0.2) is 0 Å². The second-order valence-electron chi connectivity index (χ2n) is 13.2. The summed E-state index contributed by atoms with van der Waals surface area (Å²) >= 11 is 0. The van der Waals surface area contributed by atoms with Crippen LogP contribution in [-0.4, -0.2) is 65.5 Å². The molecule has 2 atom stereocenters. The number of anilines is 2. The van der Waals surface area contributed by atoms with Crippen LogP contribution in [0.25, 0.3) is 0 Å². The summed E-state index contributed by atoms with van der Waals surface area (Å²) in [4.78, 5) is 42.0. The zero-order chi connectivity index (χ0) is 32.1. The molecule has 0 aromatic heterocycles. The Balaban J connectivity index is 1.03. The van der Waals surface area contributed by atoms with E-state index in [1.807, 2.05) is 41.3 Å². The van der Waals surface area contributed by atoms with Gasteiger partial charge in [0.25, 0.3) is 5.91 Å². The summed E-state index contributed by atoms with van der Waals surface area (Å²) in [5, 5.41) is 5.58.